The number of carbonyl (C=O) groups is 3. The zero-order valence-corrected chi connectivity index (χ0v) is 28.1. The quantitative estimate of drug-likeness (QED) is 0.0465. The van der Waals surface area contributed by atoms with Crippen molar-refractivity contribution in [1.82, 2.24) is 0 Å². The van der Waals surface area contributed by atoms with Crippen LogP contribution in [0.4, 0.5) is 0 Å². The number of carbonyl (C=O) groups excluding carboxylic acids is 3. The molecule has 0 amide bonds. The van der Waals surface area contributed by atoms with Crippen molar-refractivity contribution in [2.75, 3.05) is 132 Å². The van der Waals surface area contributed by atoms with Gasteiger partial charge >= 0.3 is 11.9 Å². The lowest BCUT2D eigenvalue weighted by Gasteiger charge is -2.09. The van der Waals surface area contributed by atoms with E-state index in [1.54, 1.807) is 54.6 Å². The van der Waals surface area contributed by atoms with Crippen molar-refractivity contribution >= 4 is 17.7 Å². The van der Waals surface area contributed by atoms with Crippen molar-refractivity contribution in [3.05, 3.63) is 71.8 Å². The Hall–Kier alpha value is -3.31. The third-order valence-electron chi connectivity index (χ3n) is 6.13. The summed E-state index contributed by atoms with van der Waals surface area (Å²) in [5.74, 6) is -1.95. The van der Waals surface area contributed by atoms with Gasteiger partial charge in [-0.3, -0.25) is 4.79 Å². The summed E-state index contributed by atoms with van der Waals surface area (Å²) in [6, 6.07) is 17.1. The smallest absolute Gasteiger partial charge is 0.379 e. The average molecular weight is 695 g/mol. The number of ether oxygens (including phenoxy) is 11. The average Bonchev–Trinajstić information content (AvgIpc) is 3.14. The van der Waals surface area contributed by atoms with E-state index < -0.39 is 11.8 Å². The molecule has 0 radical (unpaired) electrons. The molecule has 0 N–H and O–H groups in total. The van der Waals surface area contributed by atoms with Crippen molar-refractivity contribution in [3.8, 4) is 0 Å². The van der Waals surface area contributed by atoms with Crippen LogP contribution < -0.4 is 0 Å². The van der Waals surface area contributed by atoms with E-state index in [1.807, 2.05) is 6.07 Å². The topological polar surface area (TPSA) is 153 Å². The lowest BCUT2D eigenvalue weighted by molar-refractivity contribution is -0.139. The summed E-state index contributed by atoms with van der Waals surface area (Å²) in [4.78, 5) is 35.4. The first-order chi connectivity index (χ1) is 24.2. The molecule has 0 aliphatic carbocycles. The maximum absolute atomic E-state index is 11.9. The van der Waals surface area contributed by atoms with Gasteiger partial charge in [-0.25, -0.2) is 9.59 Å². The first-order valence-corrected chi connectivity index (χ1v) is 16.4. The summed E-state index contributed by atoms with van der Waals surface area (Å²) in [5, 5.41) is 0. The molecule has 0 fully saturated rings. The maximum Gasteiger partial charge on any atom is 0.379 e. The first-order valence-electron chi connectivity index (χ1n) is 16.4. The van der Waals surface area contributed by atoms with Crippen LogP contribution >= 0.6 is 0 Å². The minimum absolute atomic E-state index is 0.00764. The molecule has 2 aromatic rings. The Morgan fingerprint density at radius 2 is 0.592 bits per heavy atom. The van der Waals surface area contributed by atoms with Gasteiger partial charge in [0.25, 0.3) is 5.78 Å². The van der Waals surface area contributed by atoms with Crippen molar-refractivity contribution in [2.45, 2.75) is 0 Å². The molecule has 0 bridgehead atoms. The zero-order chi connectivity index (χ0) is 34.9. The second-order valence-corrected chi connectivity index (χ2v) is 9.84. The SMILES string of the molecule is O=C(OCCOCCOCCOCCOCCOCCOCCOCCOCCOCCOC(=O)c1ccccc1)C(=O)c1ccccc1. The molecule has 0 saturated carbocycles. The molecule has 274 valence electrons. The summed E-state index contributed by atoms with van der Waals surface area (Å²) in [5.41, 5.74) is 0.809. The van der Waals surface area contributed by atoms with Gasteiger partial charge in [-0.05, 0) is 12.1 Å². The lowest BCUT2D eigenvalue weighted by atomic mass is 10.1. The summed E-state index contributed by atoms with van der Waals surface area (Å²) >= 11 is 0. The van der Waals surface area contributed by atoms with Gasteiger partial charge in [0.15, 0.2) is 0 Å². The Labute approximate surface area is 288 Å². The Morgan fingerprint density at radius 3 is 0.918 bits per heavy atom. The van der Waals surface area contributed by atoms with Gasteiger partial charge in [0, 0.05) is 5.56 Å². The third-order valence-corrected chi connectivity index (χ3v) is 6.13. The maximum atomic E-state index is 11.9. The highest BCUT2D eigenvalue weighted by Crippen LogP contribution is 2.02. The molecule has 0 heterocycles. The molecule has 0 aliphatic heterocycles. The minimum Gasteiger partial charge on any atom is -0.460 e. The van der Waals surface area contributed by atoms with E-state index in [-0.39, 0.29) is 25.8 Å². The van der Waals surface area contributed by atoms with Crippen LogP contribution in [0.15, 0.2) is 60.7 Å². The number of rotatable bonds is 33. The molecule has 14 nitrogen and oxygen atoms in total. The number of esters is 2. The van der Waals surface area contributed by atoms with Gasteiger partial charge in [0.2, 0.25) is 0 Å². The van der Waals surface area contributed by atoms with Gasteiger partial charge in [-0.2, -0.15) is 0 Å². The molecule has 0 unspecified atom stereocenters. The van der Waals surface area contributed by atoms with Crippen LogP contribution in [-0.2, 0) is 56.9 Å². The molecule has 0 aliphatic rings. The fourth-order valence-electron chi connectivity index (χ4n) is 3.68. The lowest BCUT2D eigenvalue weighted by Crippen LogP contribution is -2.20. The number of ketones is 1. The van der Waals surface area contributed by atoms with Crippen LogP contribution in [0.1, 0.15) is 20.7 Å². The Balaban J connectivity index is 1.18. The van der Waals surface area contributed by atoms with Gasteiger partial charge in [0.1, 0.15) is 13.2 Å². The second-order valence-electron chi connectivity index (χ2n) is 9.84. The molecular weight excluding hydrogens is 644 g/mol. The van der Waals surface area contributed by atoms with Crippen LogP contribution in [0.25, 0.3) is 0 Å². The Morgan fingerprint density at radius 1 is 0.327 bits per heavy atom. The van der Waals surface area contributed by atoms with E-state index in [4.69, 9.17) is 52.1 Å². The van der Waals surface area contributed by atoms with Gasteiger partial charge < -0.3 is 52.1 Å². The molecule has 0 aromatic heterocycles. The predicted octanol–water partition coefficient (Wildman–Crippen LogP) is 2.42. The number of hydrogen-bond acceptors (Lipinski definition) is 14. The van der Waals surface area contributed by atoms with Crippen LogP contribution in [0.5, 0.6) is 0 Å². The van der Waals surface area contributed by atoms with E-state index in [0.717, 1.165) is 0 Å². The minimum atomic E-state index is -0.901. The van der Waals surface area contributed by atoms with Crippen molar-refractivity contribution < 1.29 is 66.5 Å². The van der Waals surface area contributed by atoms with E-state index in [0.29, 0.717) is 123 Å². The third kappa shape index (κ3) is 23.6. The largest absolute Gasteiger partial charge is 0.460 e. The summed E-state index contributed by atoms with van der Waals surface area (Å²) < 4.78 is 58.8. The molecule has 0 saturated heterocycles. The second kappa shape index (κ2) is 30.7. The number of benzene rings is 2. The highest BCUT2D eigenvalue weighted by molar-refractivity contribution is 6.40. The van der Waals surface area contributed by atoms with Crippen molar-refractivity contribution in [2.24, 2.45) is 0 Å². The van der Waals surface area contributed by atoms with Crippen LogP contribution in [0.2, 0.25) is 0 Å². The van der Waals surface area contributed by atoms with Crippen molar-refractivity contribution in [1.29, 1.82) is 0 Å². The van der Waals surface area contributed by atoms with Crippen LogP contribution in [0, 0.1) is 0 Å². The Bertz CT molecular complexity index is 1090. The van der Waals surface area contributed by atoms with E-state index in [1.165, 1.54) is 0 Å². The summed E-state index contributed by atoms with van der Waals surface area (Å²) in [7, 11) is 0. The molecule has 2 rings (SSSR count). The monoisotopic (exact) mass is 694 g/mol. The highest BCUT2D eigenvalue weighted by atomic mass is 16.6. The van der Waals surface area contributed by atoms with Crippen molar-refractivity contribution in [3.63, 3.8) is 0 Å². The predicted molar refractivity (Wildman–Crippen MR) is 176 cm³/mol. The van der Waals surface area contributed by atoms with Gasteiger partial charge in [-0.1, -0.05) is 48.5 Å². The normalized spacial score (nSPS) is 11.0. The molecule has 14 heteroatoms. The van der Waals surface area contributed by atoms with E-state index in [9.17, 15) is 14.4 Å². The van der Waals surface area contributed by atoms with E-state index in [2.05, 4.69) is 0 Å². The van der Waals surface area contributed by atoms with E-state index >= 15 is 0 Å². The fourth-order valence-corrected chi connectivity index (χ4v) is 3.68. The first kappa shape index (κ1) is 41.9. The van der Waals surface area contributed by atoms with Gasteiger partial charge in [-0.15, -0.1) is 0 Å². The molecule has 0 atom stereocenters. The highest BCUT2D eigenvalue weighted by Gasteiger charge is 2.17. The number of Topliss-reactive ketones (excluding diaryl/α,β-unsaturated/α-hetero) is 1. The van der Waals surface area contributed by atoms with Crippen LogP contribution in [0.3, 0.4) is 0 Å². The summed E-state index contributed by atoms with van der Waals surface area (Å²) in [6.07, 6.45) is 0. The molecule has 0 spiro atoms. The molecule has 49 heavy (non-hydrogen) atoms. The van der Waals surface area contributed by atoms with Crippen LogP contribution in [-0.4, -0.2) is 150 Å². The zero-order valence-electron chi connectivity index (χ0n) is 28.1. The Kier molecular flexibility index (Phi) is 26.2. The number of hydrogen-bond donors (Lipinski definition) is 0. The standard InChI is InChI=1S/C35H50O14/c36-33(31-7-3-1-4-8-31)35(38)49-30-28-47-26-24-45-22-20-43-18-16-41-14-12-39-11-13-40-15-17-42-19-21-44-23-25-46-27-29-48-34(37)32-9-5-2-6-10-32/h1-10H,11-30H2. The fraction of sp³-hybridized carbons (Fsp3) is 0.571. The molecule has 2 aromatic carbocycles. The summed E-state index contributed by atoms with van der Waals surface area (Å²) in [6.45, 7) is 7.66. The van der Waals surface area contributed by atoms with Gasteiger partial charge in [0.05, 0.1) is 124 Å². The molecular formula is C35H50O14.